The Morgan fingerprint density at radius 3 is 2.16 bits per heavy atom. The van der Waals surface area contributed by atoms with Crippen molar-refractivity contribution in [3.05, 3.63) is 71.5 Å². The third-order valence-corrected chi connectivity index (χ3v) is 7.04. The minimum atomic E-state index is -4.69. The summed E-state index contributed by atoms with van der Waals surface area (Å²) in [6, 6.07) is 15.6. The van der Waals surface area contributed by atoms with E-state index in [-0.39, 0.29) is 5.39 Å². The molecule has 0 saturated heterocycles. The maximum absolute atomic E-state index is 14.4. The molecule has 3 aromatic rings. The van der Waals surface area contributed by atoms with E-state index in [0.717, 1.165) is 23.1 Å². The maximum Gasteiger partial charge on any atom is 0.419 e. The van der Waals surface area contributed by atoms with E-state index < -0.39 is 17.6 Å². The summed E-state index contributed by atoms with van der Waals surface area (Å²) in [5.74, 6) is 0.285. The van der Waals surface area contributed by atoms with Crippen LogP contribution in [0.5, 0.6) is 0 Å². The molecule has 0 spiro atoms. The summed E-state index contributed by atoms with van der Waals surface area (Å²) in [7, 11) is 0. The lowest BCUT2D eigenvalue weighted by molar-refractivity contribution is -0.139. The number of fused-ring (bicyclic) bond motifs is 1. The molecule has 32 heavy (non-hydrogen) atoms. The van der Waals surface area contributed by atoms with Gasteiger partial charge in [-0.2, -0.15) is 13.2 Å². The van der Waals surface area contributed by atoms with E-state index in [1.54, 1.807) is 12.1 Å². The molecule has 1 aliphatic carbocycles. The first-order chi connectivity index (χ1) is 15.4. The summed E-state index contributed by atoms with van der Waals surface area (Å²) >= 11 is 0. The van der Waals surface area contributed by atoms with Gasteiger partial charge < -0.3 is 0 Å². The molecule has 0 heterocycles. The van der Waals surface area contributed by atoms with Gasteiger partial charge >= 0.3 is 6.18 Å². The number of alkyl halides is 3. The second-order valence-electron chi connectivity index (χ2n) is 9.20. The molecule has 0 unspecified atom stereocenters. The lowest BCUT2D eigenvalue weighted by Gasteiger charge is -2.29. The average molecular weight is 443 g/mol. The van der Waals surface area contributed by atoms with Crippen molar-refractivity contribution in [3.63, 3.8) is 0 Å². The fraction of sp³-hybridized carbons (Fsp3) is 0.429. The summed E-state index contributed by atoms with van der Waals surface area (Å²) in [6.45, 7) is 2.25. The average Bonchev–Trinajstić information content (AvgIpc) is 2.79. The molecule has 0 aliphatic heterocycles. The quantitative estimate of drug-likeness (QED) is 0.263. The predicted octanol–water partition coefficient (Wildman–Crippen LogP) is 9.52. The molecule has 3 aromatic carbocycles. The van der Waals surface area contributed by atoms with Gasteiger partial charge in [0.2, 0.25) is 0 Å². The van der Waals surface area contributed by atoms with Crippen LogP contribution in [-0.2, 0) is 6.18 Å². The standard InChI is InChI=1S/C28H30F4/c1-2-3-4-5-19-6-8-20(9-7-19)21-10-12-22(13-11-21)23-14-16-25-24(18-23)15-17-26(27(25)29)28(30,31)32/h10-20H,2-9H2,1H3. The van der Waals surface area contributed by atoms with Gasteiger partial charge in [-0.1, -0.05) is 75.1 Å². The normalized spacial score (nSPS) is 19.4. The van der Waals surface area contributed by atoms with Crippen LogP contribution in [0, 0.1) is 11.7 Å². The van der Waals surface area contributed by atoms with E-state index in [1.165, 1.54) is 69.1 Å². The van der Waals surface area contributed by atoms with Crippen molar-refractivity contribution in [1.29, 1.82) is 0 Å². The van der Waals surface area contributed by atoms with Crippen LogP contribution in [0.1, 0.15) is 75.3 Å². The number of halogens is 4. The Morgan fingerprint density at radius 1 is 0.812 bits per heavy atom. The van der Waals surface area contributed by atoms with Gasteiger partial charge in [-0.15, -0.1) is 0 Å². The molecule has 0 bridgehead atoms. The van der Waals surface area contributed by atoms with Crippen molar-refractivity contribution in [2.75, 3.05) is 0 Å². The van der Waals surface area contributed by atoms with E-state index in [9.17, 15) is 17.6 Å². The van der Waals surface area contributed by atoms with E-state index >= 15 is 0 Å². The van der Waals surface area contributed by atoms with Gasteiger partial charge in [-0.3, -0.25) is 0 Å². The number of benzene rings is 3. The molecule has 0 nitrogen and oxygen atoms in total. The van der Waals surface area contributed by atoms with E-state index in [1.807, 2.05) is 0 Å². The molecule has 0 aromatic heterocycles. The van der Waals surface area contributed by atoms with Crippen molar-refractivity contribution in [2.45, 2.75) is 70.4 Å². The molecule has 170 valence electrons. The molecular weight excluding hydrogens is 412 g/mol. The van der Waals surface area contributed by atoms with Crippen LogP contribution >= 0.6 is 0 Å². The van der Waals surface area contributed by atoms with Crippen molar-refractivity contribution in [2.24, 2.45) is 5.92 Å². The summed E-state index contributed by atoms with van der Waals surface area (Å²) in [5.41, 5.74) is 2.01. The van der Waals surface area contributed by atoms with Gasteiger partial charge in [0.25, 0.3) is 0 Å². The second-order valence-corrected chi connectivity index (χ2v) is 9.20. The summed E-state index contributed by atoms with van der Waals surface area (Å²) in [5, 5.41) is 0.467. The summed E-state index contributed by atoms with van der Waals surface area (Å²) in [6.07, 6.45) is 5.76. The molecule has 4 rings (SSSR count). The van der Waals surface area contributed by atoms with Crippen molar-refractivity contribution < 1.29 is 17.6 Å². The molecule has 0 N–H and O–H groups in total. The number of unbranched alkanes of at least 4 members (excludes halogenated alkanes) is 2. The molecule has 0 amide bonds. The first-order valence-corrected chi connectivity index (χ1v) is 11.8. The number of rotatable bonds is 6. The van der Waals surface area contributed by atoms with Crippen molar-refractivity contribution in [3.8, 4) is 11.1 Å². The predicted molar refractivity (Wildman–Crippen MR) is 123 cm³/mol. The third kappa shape index (κ3) is 5.00. The molecule has 1 fully saturated rings. The Bertz CT molecular complexity index is 1040. The van der Waals surface area contributed by atoms with Crippen LogP contribution in [0.25, 0.3) is 21.9 Å². The Hall–Kier alpha value is -2.36. The van der Waals surface area contributed by atoms with Gasteiger partial charge in [0, 0.05) is 5.39 Å². The Kier molecular flexibility index (Phi) is 6.88. The molecule has 0 atom stereocenters. The van der Waals surface area contributed by atoms with Crippen LogP contribution in [0.3, 0.4) is 0 Å². The Labute approximate surface area is 187 Å². The highest BCUT2D eigenvalue weighted by molar-refractivity contribution is 5.88. The fourth-order valence-electron chi connectivity index (χ4n) is 5.11. The minimum Gasteiger partial charge on any atom is -0.206 e. The molecule has 1 aliphatic rings. The largest absolute Gasteiger partial charge is 0.419 e. The zero-order valence-electron chi connectivity index (χ0n) is 18.5. The topological polar surface area (TPSA) is 0 Å². The van der Waals surface area contributed by atoms with E-state index in [2.05, 4.69) is 31.2 Å². The highest BCUT2D eigenvalue weighted by atomic mass is 19.4. The Morgan fingerprint density at radius 2 is 1.50 bits per heavy atom. The number of hydrogen-bond acceptors (Lipinski definition) is 0. The molecular formula is C28H30F4. The Balaban J connectivity index is 1.46. The third-order valence-electron chi connectivity index (χ3n) is 7.04. The summed E-state index contributed by atoms with van der Waals surface area (Å²) < 4.78 is 53.2. The van der Waals surface area contributed by atoms with Gasteiger partial charge in [-0.05, 0) is 71.7 Å². The smallest absolute Gasteiger partial charge is 0.206 e. The second kappa shape index (κ2) is 9.64. The number of hydrogen-bond donors (Lipinski definition) is 0. The van der Waals surface area contributed by atoms with Gasteiger partial charge in [-0.25, -0.2) is 4.39 Å². The van der Waals surface area contributed by atoms with E-state index in [4.69, 9.17) is 0 Å². The molecule has 1 saturated carbocycles. The van der Waals surface area contributed by atoms with Crippen LogP contribution in [0.4, 0.5) is 17.6 Å². The SMILES string of the molecule is CCCCCC1CCC(c2ccc(-c3ccc4c(F)c(C(F)(F)F)ccc4c3)cc2)CC1. The van der Waals surface area contributed by atoms with Crippen LogP contribution in [0.15, 0.2) is 54.6 Å². The highest BCUT2D eigenvalue weighted by Crippen LogP contribution is 2.39. The van der Waals surface area contributed by atoms with E-state index in [0.29, 0.717) is 11.3 Å². The van der Waals surface area contributed by atoms with Crippen molar-refractivity contribution in [1.82, 2.24) is 0 Å². The van der Waals surface area contributed by atoms with Crippen LogP contribution < -0.4 is 0 Å². The monoisotopic (exact) mass is 442 g/mol. The fourth-order valence-corrected chi connectivity index (χ4v) is 5.11. The minimum absolute atomic E-state index is 0.00380. The van der Waals surface area contributed by atoms with Gasteiger partial charge in [0.1, 0.15) is 5.82 Å². The first-order valence-electron chi connectivity index (χ1n) is 11.8. The van der Waals surface area contributed by atoms with Gasteiger partial charge in [0.05, 0.1) is 5.56 Å². The molecule has 0 radical (unpaired) electrons. The maximum atomic E-state index is 14.4. The van der Waals surface area contributed by atoms with Gasteiger partial charge in [0.15, 0.2) is 0 Å². The summed E-state index contributed by atoms with van der Waals surface area (Å²) in [4.78, 5) is 0. The van der Waals surface area contributed by atoms with Crippen LogP contribution in [0.2, 0.25) is 0 Å². The lowest BCUT2D eigenvalue weighted by atomic mass is 9.77. The zero-order chi connectivity index (χ0) is 22.7. The highest BCUT2D eigenvalue weighted by Gasteiger charge is 2.34. The molecule has 4 heteroatoms. The van der Waals surface area contributed by atoms with Crippen molar-refractivity contribution >= 4 is 10.8 Å². The van der Waals surface area contributed by atoms with Crippen LogP contribution in [-0.4, -0.2) is 0 Å². The zero-order valence-corrected chi connectivity index (χ0v) is 18.5. The lowest BCUT2D eigenvalue weighted by Crippen LogP contribution is -2.13. The first kappa shape index (κ1) is 22.8.